The van der Waals surface area contributed by atoms with Crippen LogP contribution in [0.3, 0.4) is 0 Å². The minimum atomic E-state index is -0.409. The first kappa shape index (κ1) is 19.3. The third-order valence-corrected chi connectivity index (χ3v) is 3.93. The van der Waals surface area contributed by atoms with Crippen molar-refractivity contribution >= 4 is 11.5 Å². The highest BCUT2D eigenvalue weighted by Crippen LogP contribution is 2.24. The Kier molecular flexibility index (Phi) is 6.56. The van der Waals surface area contributed by atoms with Gasteiger partial charge >= 0.3 is 5.97 Å². The lowest BCUT2D eigenvalue weighted by Crippen LogP contribution is -2.02. The van der Waals surface area contributed by atoms with Gasteiger partial charge in [0.1, 0.15) is 11.5 Å². The highest BCUT2D eigenvalue weighted by Gasteiger charge is 2.04. The van der Waals surface area contributed by atoms with E-state index in [0.29, 0.717) is 11.3 Å². The molecule has 0 amide bonds. The van der Waals surface area contributed by atoms with Gasteiger partial charge in [-0.15, -0.1) is 0 Å². The van der Waals surface area contributed by atoms with Gasteiger partial charge in [-0.3, -0.25) is 0 Å². The second kappa shape index (κ2) is 8.86. The summed E-state index contributed by atoms with van der Waals surface area (Å²) in [5, 5.41) is 0. The molecular weight excluding hydrogens is 324 g/mol. The fourth-order valence-electron chi connectivity index (χ4n) is 2.31. The van der Waals surface area contributed by atoms with Gasteiger partial charge in [0.25, 0.3) is 0 Å². The smallest absolute Gasteiger partial charge is 0.338 e. The number of allylic oxidation sites excluding steroid dienone is 4. The number of benzene rings is 2. The molecule has 0 heterocycles. The van der Waals surface area contributed by atoms with Crippen molar-refractivity contribution < 1.29 is 14.3 Å². The zero-order valence-electron chi connectivity index (χ0n) is 15.7. The van der Waals surface area contributed by atoms with E-state index in [0.717, 1.165) is 28.0 Å². The average molecular weight is 348 g/mol. The number of hydrogen-bond acceptors (Lipinski definition) is 3. The molecule has 3 heteroatoms. The molecular formula is C23H24O3. The Morgan fingerprint density at radius 3 is 1.92 bits per heavy atom. The molecule has 0 aliphatic heterocycles. The number of rotatable bonds is 6. The molecule has 0 aromatic heterocycles. The molecule has 134 valence electrons. The van der Waals surface area contributed by atoms with Crippen molar-refractivity contribution in [3.8, 4) is 16.9 Å². The molecule has 26 heavy (non-hydrogen) atoms. The van der Waals surface area contributed by atoms with E-state index in [1.807, 2.05) is 37.3 Å². The Morgan fingerprint density at radius 1 is 0.885 bits per heavy atom. The van der Waals surface area contributed by atoms with Gasteiger partial charge in [0, 0.05) is 5.57 Å². The number of carbonyl (C=O) groups excluding carboxylic acids is 1. The first-order chi connectivity index (χ1) is 12.4. The summed E-state index contributed by atoms with van der Waals surface area (Å²) in [5.41, 5.74) is 4.86. The minimum absolute atomic E-state index is 0.382. The number of esters is 1. The third-order valence-electron chi connectivity index (χ3n) is 3.93. The predicted octanol–water partition coefficient (Wildman–Crippen LogP) is 5.79. The van der Waals surface area contributed by atoms with Crippen LogP contribution in [0.1, 0.15) is 26.3 Å². The fraction of sp³-hybridized carbons (Fsp3) is 0.174. The van der Waals surface area contributed by atoms with Crippen LogP contribution in [0.2, 0.25) is 0 Å². The topological polar surface area (TPSA) is 35.5 Å². The Balaban J connectivity index is 2.11. The van der Waals surface area contributed by atoms with Crippen molar-refractivity contribution in [3.63, 3.8) is 0 Å². The Morgan fingerprint density at radius 2 is 1.42 bits per heavy atom. The van der Waals surface area contributed by atoms with Crippen LogP contribution in [0.4, 0.5) is 0 Å². The molecule has 0 aliphatic carbocycles. The lowest BCUT2D eigenvalue weighted by atomic mass is 10.0. The molecule has 2 rings (SSSR count). The summed E-state index contributed by atoms with van der Waals surface area (Å²) >= 11 is 0. The lowest BCUT2D eigenvalue weighted by molar-refractivity contribution is -0.134. The SMILES string of the molecule is C=C(C)C(=O)O/C(C)=C/C=C(\C)c1ccc(-c2ccc(OC)cc2)cc1. The molecule has 2 aromatic carbocycles. The quantitative estimate of drug-likeness (QED) is 0.287. The largest absolute Gasteiger partial charge is 0.497 e. The van der Waals surface area contributed by atoms with Gasteiger partial charge in [-0.05, 0) is 61.2 Å². The molecule has 2 aromatic rings. The minimum Gasteiger partial charge on any atom is -0.497 e. The maximum Gasteiger partial charge on any atom is 0.338 e. The highest BCUT2D eigenvalue weighted by atomic mass is 16.5. The van der Waals surface area contributed by atoms with Gasteiger partial charge in [0.2, 0.25) is 0 Å². The third kappa shape index (κ3) is 5.21. The molecule has 0 radical (unpaired) electrons. The summed E-state index contributed by atoms with van der Waals surface area (Å²) in [7, 11) is 1.66. The molecule has 3 nitrogen and oxygen atoms in total. The van der Waals surface area contributed by atoms with Crippen molar-refractivity contribution in [3.05, 3.63) is 84.2 Å². The number of methoxy groups -OCH3 is 1. The Labute approximate surface area is 155 Å². The van der Waals surface area contributed by atoms with Gasteiger partial charge in [0.15, 0.2) is 0 Å². The summed E-state index contributed by atoms with van der Waals surface area (Å²) in [6.45, 7) is 8.96. The molecule has 0 saturated carbocycles. The normalized spacial score (nSPS) is 11.8. The molecule has 0 bridgehead atoms. The van der Waals surface area contributed by atoms with E-state index in [1.165, 1.54) is 0 Å². The second-order valence-electron chi connectivity index (χ2n) is 6.10. The first-order valence-electron chi connectivity index (χ1n) is 8.38. The Hall–Kier alpha value is -3.07. The second-order valence-corrected chi connectivity index (χ2v) is 6.10. The highest BCUT2D eigenvalue weighted by molar-refractivity contribution is 5.87. The van der Waals surface area contributed by atoms with Crippen LogP contribution in [-0.4, -0.2) is 13.1 Å². The van der Waals surface area contributed by atoms with Crippen LogP contribution < -0.4 is 4.74 Å². The van der Waals surface area contributed by atoms with Crippen molar-refractivity contribution in [2.45, 2.75) is 20.8 Å². The van der Waals surface area contributed by atoms with Crippen LogP contribution in [0.25, 0.3) is 16.7 Å². The van der Waals surface area contributed by atoms with E-state index in [4.69, 9.17) is 9.47 Å². The zero-order chi connectivity index (χ0) is 19.1. The van der Waals surface area contributed by atoms with E-state index in [9.17, 15) is 4.79 Å². The number of carbonyl (C=O) groups is 1. The van der Waals surface area contributed by atoms with Crippen LogP contribution in [-0.2, 0) is 9.53 Å². The van der Waals surface area contributed by atoms with Gasteiger partial charge in [-0.1, -0.05) is 49.1 Å². The summed E-state index contributed by atoms with van der Waals surface area (Å²) in [4.78, 5) is 11.5. The zero-order valence-corrected chi connectivity index (χ0v) is 15.7. The molecule has 0 saturated heterocycles. The molecule has 0 spiro atoms. The maximum absolute atomic E-state index is 11.5. The average Bonchev–Trinajstić information content (AvgIpc) is 2.66. The van der Waals surface area contributed by atoms with Gasteiger partial charge < -0.3 is 9.47 Å². The van der Waals surface area contributed by atoms with Gasteiger partial charge in [0.05, 0.1) is 7.11 Å². The number of hydrogen-bond donors (Lipinski definition) is 0. The summed E-state index contributed by atoms with van der Waals surface area (Å²) in [5.74, 6) is 0.972. The fourth-order valence-corrected chi connectivity index (χ4v) is 2.31. The maximum atomic E-state index is 11.5. The van der Waals surface area contributed by atoms with Crippen molar-refractivity contribution in [2.24, 2.45) is 0 Å². The van der Waals surface area contributed by atoms with Crippen LogP contribution in [0, 0.1) is 0 Å². The summed E-state index contributed by atoms with van der Waals surface area (Å²) in [6, 6.07) is 16.3. The van der Waals surface area contributed by atoms with Crippen molar-refractivity contribution in [1.29, 1.82) is 0 Å². The molecule has 0 aliphatic rings. The monoisotopic (exact) mass is 348 g/mol. The van der Waals surface area contributed by atoms with Gasteiger partial charge in [-0.25, -0.2) is 4.79 Å². The Bertz CT molecular complexity index is 838. The molecule has 0 N–H and O–H groups in total. The summed E-state index contributed by atoms with van der Waals surface area (Å²) < 4.78 is 10.4. The van der Waals surface area contributed by atoms with Crippen LogP contribution in [0.5, 0.6) is 5.75 Å². The van der Waals surface area contributed by atoms with Crippen LogP contribution >= 0.6 is 0 Å². The number of ether oxygens (including phenoxy) is 2. The first-order valence-corrected chi connectivity index (χ1v) is 8.38. The molecule has 0 atom stereocenters. The standard InChI is InChI=1S/C23H24O3/c1-16(2)23(24)26-18(4)7-6-17(3)19-8-10-20(11-9-19)21-12-14-22(25-5)15-13-21/h6-15H,1H2,2-5H3/b17-6+,18-7+. The van der Waals surface area contributed by atoms with Crippen molar-refractivity contribution in [2.75, 3.05) is 7.11 Å². The molecule has 0 unspecified atom stereocenters. The van der Waals surface area contributed by atoms with E-state index < -0.39 is 5.97 Å². The summed E-state index contributed by atoms with van der Waals surface area (Å²) in [6.07, 6.45) is 3.72. The van der Waals surface area contributed by atoms with E-state index in [2.05, 4.69) is 30.8 Å². The van der Waals surface area contributed by atoms with E-state index in [-0.39, 0.29) is 0 Å². The predicted molar refractivity (Wildman–Crippen MR) is 107 cm³/mol. The van der Waals surface area contributed by atoms with E-state index in [1.54, 1.807) is 27.0 Å². The van der Waals surface area contributed by atoms with Crippen LogP contribution in [0.15, 0.2) is 78.6 Å². The van der Waals surface area contributed by atoms with E-state index >= 15 is 0 Å². The van der Waals surface area contributed by atoms with Gasteiger partial charge in [-0.2, -0.15) is 0 Å². The lowest BCUT2D eigenvalue weighted by Gasteiger charge is -2.06. The molecule has 0 fully saturated rings. The van der Waals surface area contributed by atoms with Crippen molar-refractivity contribution in [1.82, 2.24) is 0 Å².